The molecule has 1 aromatic carbocycles. The summed E-state index contributed by atoms with van der Waals surface area (Å²) in [6.07, 6.45) is 2.66. The molecule has 1 atom stereocenters. The lowest BCUT2D eigenvalue weighted by Crippen LogP contribution is -2.40. The van der Waals surface area contributed by atoms with Crippen LogP contribution in [0.15, 0.2) is 30.6 Å². The van der Waals surface area contributed by atoms with Crippen molar-refractivity contribution >= 4 is 11.8 Å². The average molecular weight is 434 g/mol. The van der Waals surface area contributed by atoms with Crippen molar-refractivity contribution in [2.24, 2.45) is 20.0 Å². The largest absolute Gasteiger partial charge is 0.338 e. The Bertz CT molecular complexity index is 1180. The van der Waals surface area contributed by atoms with Crippen LogP contribution in [0.4, 0.5) is 0 Å². The maximum Gasteiger partial charge on any atom is 0.228 e. The van der Waals surface area contributed by atoms with Crippen LogP contribution in [-0.4, -0.2) is 59.2 Å². The maximum absolute atomic E-state index is 13.4. The van der Waals surface area contributed by atoms with Gasteiger partial charge in [0.2, 0.25) is 11.8 Å². The maximum atomic E-state index is 13.4. The zero-order valence-electron chi connectivity index (χ0n) is 18.7. The van der Waals surface area contributed by atoms with Crippen molar-refractivity contribution in [3.63, 3.8) is 0 Å². The zero-order chi connectivity index (χ0) is 22.4. The molecule has 0 saturated carbocycles. The van der Waals surface area contributed by atoms with Gasteiger partial charge in [-0.2, -0.15) is 5.10 Å². The van der Waals surface area contributed by atoms with E-state index in [0.717, 1.165) is 28.9 Å². The van der Waals surface area contributed by atoms with E-state index in [1.807, 2.05) is 59.4 Å². The van der Waals surface area contributed by atoms with Crippen molar-refractivity contribution in [1.29, 1.82) is 0 Å². The van der Waals surface area contributed by atoms with Crippen molar-refractivity contribution in [2.75, 3.05) is 13.1 Å². The number of likely N-dealkylation sites (tertiary alicyclic amines) is 1. The monoisotopic (exact) mass is 433 g/mol. The Morgan fingerprint density at radius 2 is 1.97 bits per heavy atom. The quantitative estimate of drug-likeness (QED) is 0.622. The fourth-order valence-corrected chi connectivity index (χ4v) is 4.72. The summed E-state index contributed by atoms with van der Waals surface area (Å²) in [5, 5.41) is 12.8. The third kappa shape index (κ3) is 3.57. The van der Waals surface area contributed by atoms with Crippen molar-refractivity contribution in [2.45, 2.75) is 32.9 Å². The van der Waals surface area contributed by atoms with Crippen molar-refractivity contribution in [3.8, 4) is 11.5 Å². The van der Waals surface area contributed by atoms with Gasteiger partial charge in [-0.25, -0.2) is 0 Å². The van der Waals surface area contributed by atoms with Crippen LogP contribution in [0.25, 0.3) is 11.5 Å². The zero-order valence-corrected chi connectivity index (χ0v) is 18.7. The van der Waals surface area contributed by atoms with Crippen LogP contribution in [0.2, 0.25) is 0 Å². The van der Waals surface area contributed by atoms with Crippen LogP contribution >= 0.6 is 0 Å². The topological polar surface area (TPSA) is 89.2 Å². The molecule has 9 heteroatoms. The summed E-state index contributed by atoms with van der Waals surface area (Å²) in [6.45, 7) is 4.17. The van der Waals surface area contributed by atoms with E-state index in [1.54, 1.807) is 11.2 Å². The molecule has 0 bridgehead atoms. The van der Waals surface area contributed by atoms with Crippen LogP contribution in [0.3, 0.4) is 0 Å². The first-order chi connectivity index (χ1) is 15.4. The van der Waals surface area contributed by atoms with E-state index < -0.39 is 0 Å². The highest BCUT2D eigenvalue weighted by Gasteiger charge is 2.38. The summed E-state index contributed by atoms with van der Waals surface area (Å²) in [5.41, 5.74) is 5.18. The number of rotatable bonds is 4. The molecule has 2 amide bonds. The third-order valence-corrected chi connectivity index (χ3v) is 6.53. The highest BCUT2D eigenvalue weighted by Crippen LogP contribution is 2.30. The standard InChI is InChI=1S/C23H27N7O2/c1-15-4-6-16(7-5-15)11-30-12-17(10-20(30)31)23(32)29-9-8-19-18(13-29)21(26-28(19)3)22-25-24-14-27(22)2/h4-7,14,17H,8-13H2,1-3H3. The number of aryl methyl sites for hydroxylation is 3. The molecule has 0 spiro atoms. The molecule has 4 heterocycles. The first kappa shape index (κ1) is 20.4. The molecule has 3 aromatic rings. The molecule has 2 aliphatic heterocycles. The Balaban J connectivity index is 1.31. The molecule has 2 aromatic heterocycles. The Kier molecular flexibility index (Phi) is 5.03. The number of fused-ring (bicyclic) bond motifs is 1. The van der Waals surface area contributed by atoms with Gasteiger partial charge >= 0.3 is 0 Å². The van der Waals surface area contributed by atoms with E-state index in [0.29, 0.717) is 32.0 Å². The molecule has 166 valence electrons. The van der Waals surface area contributed by atoms with Gasteiger partial charge in [-0.05, 0) is 12.5 Å². The average Bonchev–Trinajstić information content (AvgIpc) is 3.46. The second-order valence-corrected chi connectivity index (χ2v) is 8.83. The molecule has 0 N–H and O–H groups in total. The SMILES string of the molecule is Cc1ccc(CN2CC(C(=O)N3CCc4c(c(-c5nncn5C)nn4C)C3)CC2=O)cc1. The number of nitrogens with zero attached hydrogens (tertiary/aromatic N) is 7. The van der Waals surface area contributed by atoms with Gasteiger partial charge in [-0.15, -0.1) is 10.2 Å². The van der Waals surface area contributed by atoms with Crippen LogP contribution < -0.4 is 0 Å². The lowest BCUT2D eigenvalue weighted by molar-refractivity contribution is -0.136. The third-order valence-electron chi connectivity index (χ3n) is 6.53. The first-order valence-corrected chi connectivity index (χ1v) is 10.9. The minimum absolute atomic E-state index is 0.0442. The summed E-state index contributed by atoms with van der Waals surface area (Å²) >= 11 is 0. The fraction of sp³-hybridized carbons (Fsp3) is 0.435. The van der Waals surface area contributed by atoms with Gasteiger partial charge < -0.3 is 14.4 Å². The van der Waals surface area contributed by atoms with Crippen LogP contribution in [0.1, 0.15) is 28.8 Å². The van der Waals surface area contributed by atoms with E-state index in [1.165, 1.54) is 5.56 Å². The number of hydrogen-bond donors (Lipinski definition) is 0. The van der Waals surface area contributed by atoms with Gasteiger partial charge in [0.25, 0.3) is 0 Å². The predicted molar refractivity (Wildman–Crippen MR) is 117 cm³/mol. The summed E-state index contributed by atoms with van der Waals surface area (Å²) in [6, 6.07) is 8.18. The van der Waals surface area contributed by atoms with E-state index in [4.69, 9.17) is 0 Å². The van der Waals surface area contributed by atoms with E-state index in [-0.39, 0.29) is 24.2 Å². The Hall–Kier alpha value is -3.49. The molecule has 0 radical (unpaired) electrons. The first-order valence-electron chi connectivity index (χ1n) is 10.9. The number of hydrogen-bond acceptors (Lipinski definition) is 5. The summed E-state index contributed by atoms with van der Waals surface area (Å²) in [7, 11) is 3.81. The molecule has 0 aliphatic carbocycles. The highest BCUT2D eigenvalue weighted by molar-refractivity contribution is 5.89. The molecular weight excluding hydrogens is 406 g/mol. The van der Waals surface area contributed by atoms with Gasteiger partial charge in [-0.3, -0.25) is 14.3 Å². The Morgan fingerprint density at radius 1 is 1.19 bits per heavy atom. The minimum Gasteiger partial charge on any atom is -0.338 e. The second-order valence-electron chi connectivity index (χ2n) is 8.83. The van der Waals surface area contributed by atoms with Gasteiger partial charge in [0.1, 0.15) is 12.0 Å². The van der Waals surface area contributed by atoms with Gasteiger partial charge in [0, 0.05) is 64.4 Å². The van der Waals surface area contributed by atoms with Crippen LogP contribution in [0, 0.1) is 12.8 Å². The Labute approximate surface area is 186 Å². The molecule has 1 unspecified atom stereocenters. The van der Waals surface area contributed by atoms with Gasteiger partial charge in [0.05, 0.1) is 5.92 Å². The summed E-state index contributed by atoms with van der Waals surface area (Å²) < 4.78 is 3.71. The normalized spacial score (nSPS) is 18.3. The van der Waals surface area contributed by atoms with Crippen LogP contribution in [-0.2, 0) is 43.2 Å². The molecule has 32 heavy (non-hydrogen) atoms. The van der Waals surface area contributed by atoms with Crippen molar-refractivity contribution in [3.05, 3.63) is 53.0 Å². The highest BCUT2D eigenvalue weighted by atomic mass is 16.2. The van der Waals surface area contributed by atoms with Crippen LogP contribution in [0.5, 0.6) is 0 Å². The second kappa shape index (κ2) is 7.89. The molecular formula is C23H27N7O2. The minimum atomic E-state index is -0.301. The predicted octanol–water partition coefficient (Wildman–Crippen LogP) is 1.46. The van der Waals surface area contributed by atoms with Gasteiger partial charge in [0.15, 0.2) is 5.82 Å². The van der Waals surface area contributed by atoms with E-state index in [9.17, 15) is 9.59 Å². The Morgan fingerprint density at radius 3 is 2.69 bits per heavy atom. The number of carbonyl (C=O) groups excluding carboxylic acids is 2. The number of carbonyl (C=O) groups is 2. The molecule has 1 saturated heterocycles. The number of benzene rings is 1. The molecule has 1 fully saturated rings. The molecule has 2 aliphatic rings. The van der Waals surface area contributed by atoms with Gasteiger partial charge in [-0.1, -0.05) is 29.8 Å². The number of aromatic nitrogens is 5. The van der Waals surface area contributed by atoms with Crippen molar-refractivity contribution < 1.29 is 9.59 Å². The van der Waals surface area contributed by atoms with Crippen molar-refractivity contribution in [1.82, 2.24) is 34.3 Å². The molecule has 5 rings (SSSR count). The summed E-state index contributed by atoms with van der Waals surface area (Å²) in [4.78, 5) is 29.6. The lowest BCUT2D eigenvalue weighted by atomic mass is 10.0. The number of amides is 2. The van der Waals surface area contributed by atoms with E-state index in [2.05, 4.69) is 15.3 Å². The fourth-order valence-electron chi connectivity index (χ4n) is 4.72. The smallest absolute Gasteiger partial charge is 0.228 e. The summed E-state index contributed by atoms with van der Waals surface area (Å²) in [5.74, 6) is 0.479. The molecule has 9 nitrogen and oxygen atoms in total. The van der Waals surface area contributed by atoms with E-state index >= 15 is 0 Å². The lowest BCUT2D eigenvalue weighted by Gasteiger charge is -2.29.